The van der Waals surface area contributed by atoms with E-state index < -0.39 is 5.25 Å². The zero-order valence-electron chi connectivity index (χ0n) is 15.9. The summed E-state index contributed by atoms with van der Waals surface area (Å²) < 4.78 is 1.67. The first-order valence-corrected chi connectivity index (χ1v) is 10.6. The molecular weight excluding hydrogens is 370 g/mol. The molecule has 144 valence electrons. The molecule has 28 heavy (non-hydrogen) atoms. The van der Waals surface area contributed by atoms with Gasteiger partial charge in [0.05, 0.1) is 10.9 Å². The van der Waals surface area contributed by atoms with Gasteiger partial charge in [0.2, 0.25) is 5.91 Å². The zero-order chi connectivity index (χ0) is 19.5. The number of fused-ring (bicyclic) bond motifs is 1. The lowest BCUT2D eigenvalue weighted by molar-refractivity contribution is -0.129. The molecule has 5 nitrogen and oxygen atoms in total. The Morgan fingerprint density at radius 2 is 1.75 bits per heavy atom. The number of carbonyl (C=O) groups is 1. The monoisotopic (exact) mass is 393 g/mol. The third-order valence-corrected chi connectivity index (χ3v) is 6.34. The molecule has 2 heterocycles. The zero-order valence-corrected chi connectivity index (χ0v) is 16.7. The molecule has 0 radical (unpaired) electrons. The summed E-state index contributed by atoms with van der Waals surface area (Å²) in [5.41, 5.74) is 1.55. The topological polar surface area (TPSA) is 55.2 Å². The number of amides is 1. The molecule has 0 bridgehead atoms. The molecule has 1 fully saturated rings. The van der Waals surface area contributed by atoms with Crippen LogP contribution in [0.1, 0.15) is 30.6 Å². The van der Waals surface area contributed by atoms with E-state index in [1.807, 2.05) is 60.4 Å². The average molecular weight is 394 g/mol. The van der Waals surface area contributed by atoms with Crippen molar-refractivity contribution in [3.63, 3.8) is 0 Å². The maximum atomic E-state index is 13.3. The van der Waals surface area contributed by atoms with E-state index in [0.717, 1.165) is 31.5 Å². The van der Waals surface area contributed by atoms with Gasteiger partial charge in [-0.2, -0.15) is 0 Å². The highest BCUT2D eigenvalue weighted by molar-refractivity contribution is 8.00. The van der Waals surface area contributed by atoms with Crippen LogP contribution in [0.25, 0.3) is 10.9 Å². The van der Waals surface area contributed by atoms with Crippen LogP contribution in [-0.4, -0.2) is 33.4 Å². The highest BCUT2D eigenvalue weighted by Gasteiger charge is 2.30. The number of thioether (sulfide) groups is 1. The molecule has 0 spiro atoms. The lowest BCUT2D eigenvalue weighted by Gasteiger charge is -2.24. The van der Waals surface area contributed by atoms with Crippen molar-refractivity contribution in [1.29, 1.82) is 0 Å². The van der Waals surface area contributed by atoms with E-state index >= 15 is 0 Å². The second-order valence-electron chi connectivity index (χ2n) is 6.90. The second-order valence-corrected chi connectivity index (χ2v) is 7.97. The second kappa shape index (κ2) is 8.19. The highest BCUT2D eigenvalue weighted by atomic mass is 32.2. The Bertz CT molecular complexity index is 1040. The summed E-state index contributed by atoms with van der Waals surface area (Å²) in [6.07, 6.45) is 2.09. The first kappa shape index (κ1) is 18.7. The number of hydrogen-bond acceptors (Lipinski definition) is 4. The number of hydrogen-bond donors (Lipinski definition) is 0. The molecule has 1 aliphatic heterocycles. The molecule has 6 heteroatoms. The summed E-state index contributed by atoms with van der Waals surface area (Å²) in [5, 5.41) is 0.786. The fraction of sp³-hybridized carbons (Fsp3) is 0.318. The third kappa shape index (κ3) is 3.56. The quantitative estimate of drug-likeness (QED) is 0.488. The summed E-state index contributed by atoms with van der Waals surface area (Å²) >= 11 is 1.38. The minimum absolute atomic E-state index is 0.0592. The molecule has 1 saturated heterocycles. The first-order valence-electron chi connectivity index (χ1n) is 9.69. The predicted octanol–water partition coefficient (Wildman–Crippen LogP) is 3.87. The summed E-state index contributed by atoms with van der Waals surface area (Å²) in [6, 6.07) is 17.2. The number of aromatic nitrogens is 2. The molecule has 0 aliphatic carbocycles. The Morgan fingerprint density at radius 3 is 2.46 bits per heavy atom. The molecule has 0 unspecified atom stereocenters. The van der Waals surface area contributed by atoms with Crippen molar-refractivity contribution in [3.8, 4) is 0 Å². The van der Waals surface area contributed by atoms with Gasteiger partial charge in [0.25, 0.3) is 5.56 Å². The van der Waals surface area contributed by atoms with Crippen LogP contribution in [0.2, 0.25) is 0 Å². The molecule has 1 amide bonds. The van der Waals surface area contributed by atoms with Gasteiger partial charge in [0.15, 0.2) is 5.16 Å². The largest absolute Gasteiger partial charge is 0.341 e. The standard InChI is InChI=1S/C22H23N3O2S/c1-2-25-20(26)17-12-6-7-13-18(17)23-22(25)28-19(16-10-4-3-5-11-16)21(27)24-14-8-9-15-24/h3-7,10-13,19H,2,8-9,14-15H2,1H3/t19-/m1/s1. The number of nitrogens with zero attached hydrogens (tertiary/aromatic N) is 3. The molecule has 0 saturated carbocycles. The Labute approximate surface area is 168 Å². The first-order chi connectivity index (χ1) is 13.7. The number of para-hydroxylation sites is 1. The molecule has 1 aromatic heterocycles. The van der Waals surface area contributed by atoms with E-state index in [9.17, 15) is 9.59 Å². The third-order valence-electron chi connectivity index (χ3n) is 5.11. The fourth-order valence-electron chi connectivity index (χ4n) is 3.61. The molecule has 0 N–H and O–H groups in total. The van der Waals surface area contributed by atoms with Crippen molar-refractivity contribution in [2.24, 2.45) is 0 Å². The normalized spacial score (nSPS) is 15.1. The number of carbonyl (C=O) groups excluding carboxylic acids is 1. The Kier molecular flexibility index (Phi) is 5.48. The van der Waals surface area contributed by atoms with Gasteiger partial charge in [-0.25, -0.2) is 4.98 Å². The fourth-order valence-corrected chi connectivity index (χ4v) is 4.86. The SMILES string of the molecule is CCn1c(S[C@@H](C(=O)N2CCCC2)c2ccccc2)nc2ccccc2c1=O. The van der Waals surface area contributed by atoms with Gasteiger partial charge in [0, 0.05) is 19.6 Å². The van der Waals surface area contributed by atoms with Crippen molar-refractivity contribution in [2.45, 2.75) is 36.7 Å². The summed E-state index contributed by atoms with van der Waals surface area (Å²) in [4.78, 5) is 32.9. The molecule has 1 atom stereocenters. The van der Waals surface area contributed by atoms with Crippen LogP contribution in [0, 0.1) is 0 Å². The smallest absolute Gasteiger partial charge is 0.262 e. The molecule has 4 rings (SSSR count). The predicted molar refractivity (Wildman–Crippen MR) is 113 cm³/mol. The molecular formula is C22H23N3O2S. The van der Waals surface area contributed by atoms with E-state index in [4.69, 9.17) is 4.98 Å². The lowest BCUT2D eigenvalue weighted by atomic mass is 10.1. The summed E-state index contributed by atoms with van der Waals surface area (Å²) in [6.45, 7) is 4.04. The van der Waals surface area contributed by atoms with E-state index in [2.05, 4.69) is 0 Å². The lowest BCUT2D eigenvalue weighted by Crippen LogP contribution is -2.32. The van der Waals surface area contributed by atoms with Gasteiger partial charge in [0.1, 0.15) is 5.25 Å². The molecule has 2 aromatic carbocycles. The highest BCUT2D eigenvalue weighted by Crippen LogP contribution is 2.36. The van der Waals surface area contributed by atoms with Gasteiger partial charge in [-0.15, -0.1) is 0 Å². The van der Waals surface area contributed by atoms with Crippen LogP contribution in [0.3, 0.4) is 0 Å². The van der Waals surface area contributed by atoms with Gasteiger partial charge in [-0.3, -0.25) is 14.2 Å². The van der Waals surface area contributed by atoms with Crippen molar-refractivity contribution in [2.75, 3.05) is 13.1 Å². The Hall–Kier alpha value is -2.60. The van der Waals surface area contributed by atoms with E-state index in [1.165, 1.54) is 11.8 Å². The molecule has 3 aromatic rings. The van der Waals surface area contributed by atoms with Crippen LogP contribution in [-0.2, 0) is 11.3 Å². The van der Waals surface area contributed by atoms with Crippen LogP contribution in [0.4, 0.5) is 0 Å². The van der Waals surface area contributed by atoms with Gasteiger partial charge < -0.3 is 4.90 Å². The Balaban J connectivity index is 1.78. The van der Waals surface area contributed by atoms with Crippen molar-refractivity contribution in [3.05, 3.63) is 70.5 Å². The average Bonchev–Trinajstić information content (AvgIpc) is 3.27. The van der Waals surface area contributed by atoms with Crippen molar-refractivity contribution < 1.29 is 4.79 Å². The van der Waals surface area contributed by atoms with Crippen molar-refractivity contribution in [1.82, 2.24) is 14.5 Å². The van der Waals surface area contributed by atoms with E-state index in [1.54, 1.807) is 10.6 Å². The minimum Gasteiger partial charge on any atom is -0.341 e. The van der Waals surface area contributed by atoms with E-state index in [-0.39, 0.29) is 11.5 Å². The maximum absolute atomic E-state index is 13.3. The number of benzene rings is 2. The van der Waals surface area contributed by atoms with Crippen molar-refractivity contribution >= 4 is 28.6 Å². The van der Waals surface area contributed by atoms with Crippen LogP contribution in [0.15, 0.2) is 64.5 Å². The van der Waals surface area contributed by atoms with Crippen LogP contribution < -0.4 is 5.56 Å². The maximum Gasteiger partial charge on any atom is 0.262 e. The number of likely N-dealkylation sites (tertiary alicyclic amines) is 1. The van der Waals surface area contributed by atoms with Gasteiger partial charge in [-0.1, -0.05) is 54.2 Å². The summed E-state index contributed by atoms with van der Waals surface area (Å²) in [7, 11) is 0. The molecule has 1 aliphatic rings. The van der Waals surface area contributed by atoms with Gasteiger partial charge in [-0.05, 0) is 37.5 Å². The summed E-state index contributed by atoms with van der Waals surface area (Å²) in [5.74, 6) is 0.0961. The van der Waals surface area contributed by atoms with E-state index in [0.29, 0.717) is 22.6 Å². The minimum atomic E-state index is -0.412. The Morgan fingerprint density at radius 1 is 1.07 bits per heavy atom. The van der Waals surface area contributed by atoms with Crippen LogP contribution in [0.5, 0.6) is 0 Å². The van der Waals surface area contributed by atoms with Gasteiger partial charge >= 0.3 is 0 Å². The van der Waals surface area contributed by atoms with Crippen LogP contribution >= 0.6 is 11.8 Å². The number of rotatable bonds is 5.